The van der Waals surface area contributed by atoms with Gasteiger partial charge in [-0.1, -0.05) is 0 Å². The van der Waals surface area contributed by atoms with Crippen molar-refractivity contribution in [1.82, 2.24) is 9.55 Å². The Morgan fingerprint density at radius 2 is 2.13 bits per heavy atom. The van der Waals surface area contributed by atoms with E-state index in [-0.39, 0.29) is 6.42 Å². The summed E-state index contributed by atoms with van der Waals surface area (Å²) < 4.78 is 27.2. The van der Waals surface area contributed by atoms with Gasteiger partial charge in [-0.3, -0.25) is 9.59 Å². The van der Waals surface area contributed by atoms with Gasteiger partial charge in [0.05, 0.1) is 25.8 Å². The highest BCUT2D eigenvalue weighted by Gasteiger charge is 2.26. The minimum atomic E-state index is -0.427. The van der Waals surface area contributed by atoms with Gasteiger partial charge in [-0.15, -0.1) is 0 Å². The molecule has 0 amide bonds. The lowest BCUT2D eigenvalue weighted by atomic mass is 9.87. The molecule has 0 saturated heterocycles. The van der Waals surface area contributed by atoms with Crippen LogP contribution in [0.25, 0.3) is 22.2 Å². The number of aryl methyl sites for hydroxylation is 2. The molecule has 4 rings (SSSR count). The van der Waals surface area contributed by atoms with Crippen LogP contribution in [0.2, 0.25) is 0 Å². The van der Waals surface area contributed by atoms with E-state index < -0.39 is 11.8 Å². The smallest absolute Gasteiger partial charge is 0.310 e. The van der Waals surface area contributed by atoms with Crippen LogP contribution < -0.4 is 4.74 Å². The molecule has 1 aliphatic rings. The number of hydrogen-bond donors (Lipinski definition) is 0. The second kappa shape index (κ2) is 7.55. The van der Waals surface area contributed by atoms with Crippen LogP contribution in [-0.2, 0) is 29.4 Å². The molecule has 0 unspecified atom stereocenters. The molecule has 0 bridgehead atoms. The number of ether oxygens (including phenoxy) is 2. The number of pyridine rings is 1. The van der Waals surface area contributed by atoms with Gasteiger partial charge in [-0.25, -0.2) is 9.37 Å². The maximum atomic E-state index is 15.0. The van der Waals surface area contributed by atoms with E-state index in [0.29, 0.717) is 51.5 Å². The molecule has 0 N–H and O–H groups in total. The molecule has 30 heavy (non-hydrogen) atoms. The lowest BCUT2D eigenvalue weighted by Gasteiger charge is -2.23. The zero-order valence-electron chi connectivity index (χ0n) is 17.5. The van der Waals surface area contributed by atoms with Crippen molar-refractivity contribution in [3.8, 4) is 16.9 Å². The molecule has 0 saturated carbocycles. The molecule has 0 spiro atoms. The Kier molecular flexibility index (Phi) is 5.05. The number of halogens is 1. The lowest BCUT2D eigenvalue weighted by Crippen LogP contribution is -2.13. The Bertz CT molecular complexity index is 1200. The third-order valence-electron chi connectivity index (χ3n) is 5.89. The van der Waals surface area contributed by atoms with Gasteiger partial charge in [0.15, 0.2) is 17.9 Å². The Balaban J connectivity index is 2.11. The molecule has 1 aromatic carbocycles. The summed E-state index contributed by atoms with van der Waals surface area (Å²) in [6.45, 7) is 4.24. The molecule has 3 heterocycles. The lowest BCUT2D eigenvalue weighted by molar-refractivity contribution is -0.139. The van der Waals surface area contributed by atoms with Gasteiger partial charge in [0, 0.05) is 23.7 Å². The van der Waals surface area contributed by atoms with Gasteiger partial charge in [0.25, 0.3) is 0 Å². The number of hydrogen-bond acceptors (Lipinski definition) is 5. The minimum absolute atomic E-state index is 0.000563. The Hall–Kier alpha value is -3.22. The van der Waals surface area contributed by atoms with Crippen LogP contribution in [0.4, 0.5) is 4.39 Å². The van der Waals surface area contributed by atoms with Crippen molar-refractivity contribution in [2.45, 2.75) is 33.1 Å². The van der Waals surface area contributed by atoms with Crippen molar-refractivity contribution in [3.05, 3.63) is 46.0 Å². The number of fused-ring (bicyclic) bond motifs is 2. The fourth-order valence-corrected chi connectivity index (χ4v) is 4.27. The van der Waals surface area contributed by atoms with E-state index in [4.69, 9.17) is 9.47 Å². The second-order valence-corrected chi connectivity index (χ2v) is 7.58. The van der Waals surface area contributed by atoms with Gasteiger partial charge < -0.3 is 14.0 Å². The quantitative estimate of drug-likeness (QED) is 0.483. The van der Waals surface area contributed by atoms with Crippen LogP contribution in [0.1, 0.15) is 39.3 Å². The van der Waals surface area contributed by atoms with Crippen molar-refractivity contribution in [3.63, 3.8) is 0 Å². The van der Waals surface area contributed by atoms with E-state index >= 15 is 4.39 Å². The number of methoxy groups -OCH3 is 1. The third-order valence-corrected chi connectivity index (χ3v) is 5.89. The average Bonchev–Trinajstić information content (AvgIpc) is 3.06. The predicted molar refractivity (Wildman–Crippen MR) is 111 cm³/mol. The molecule has 0 radical (unpaired) electrons. The van der Waals surface area contributed by atoms with Gasteiger partial charge in [-0.05, 0) is 61.1 Å². The van der Waals surface area contributed by atoms with Crippen LogP contribution in [0.15, 0.2) is 12.1 Å². The van der Waals surface area contributed by atoms with Crippen LogP contribution in [-0.4, -0.2) is 35.5 Å². The highest BCUT2D eigenvalue weighted by Crippen LogP contribution is 2.42. The van der Waals surface area contributed by atoms with Crippen molar-refractivity contribution < 1.29 is 23.5 Å². The summed E-state index contributed by atoms with van der Waals surface area (Å²) in [7, 11) is 3.09. The highest BCUT2D eigenvalue weighted by molar-refractivity contribution is 6.01. The summed E-state index contributed by atoms with van der Waals surface area (Å²) in [6.07, 6.45) is 2.30. The molecule has 3 aromatic rings. The number of rotatable bonds is 4. The number of carbonyl (C=O) groups is 2. The van der Waals surface area contributed by atoms with Crippen LogP contribution >= 0.6 is 0 Å². The molecule has 1 aliphatic heterocycles. The zero-order chi connectivity index (χ0) is 21.6. The number of esters is 1. The van der Waals surface area contributed by atoms with Gasteiger partial charge in [-0.2, -0.15) is 0 Å². The monoisotopic (exact) mass is 410 g/mol. The predicted octanol–water partition coefficient (Wildman–Crippen LogP) is 3.85. The van der Waals surface area contributed by atoms with Crippen LogP contribution in [0, 0.1) is 19.7 Å². The summed E-state index contributed by atoms with van der Waals surface area (Å²) >= 11 is 0. The van der Waals surface area contributed by atoms with E-state index in [2.05, 4.69) is 4.98 Å². The Morgan fingerprint density at radius 1 is 1.37 bits per heavy atom. The molecule has 6 nitrogen and oxygen atoms in total. The summed E-state index contributed by atoms with van der Waals surface area (Å²) in [6, 6.07) is 3.19. The first-order valence-electron chi connectivity index (χ1n) is 9.83. The molecule has 0 aliphatic carbocycles. The van der Waals surface area contributed by atoms with Crippen LogP contribution in [0.5, 0.6) is 5.75 Å². The topological polar surface area (TPSA) is 70.4 Å². The summed E-state index contributed by atoms with van der Waals surface area (Å²) in [5.74, 6) is -0.532. The number of aldehydes is 1. The first-order chi connectivity index (χ1) is 14.4. The maximum Gasteiger partial charge on any atom is 0.310 e. The SMILES string of the molecule is COC(=O)Cc1c(C)nc2c(cc(C=O)n2C)c1-c1cc(F)c2c(c1C)CCCO2. The summed E-state index contributed by atoms with van der Waals surface area (Å²) in [5, 5.41) is 0.697. The highest BCUT2D eigenvalue weighted by atomic mass is 19.1. The molecule has 0 atom stereocenters. The molecule has 2 aromatic heterocycles. The first-order valence-corrected chi connectivity index (χ1v) is 9.83. The molecule has 156 valence electrons. The van der Waals surface area contributed by atoms with Gasteiger partial charge in [0.2, 0.25) is 0 Å². The Morgan fingerprint density at radius 3 is 2.83 bits per heavy atom. The summed E-state index contributed by atoms with van der Waals surface area (Å²) in [4.78, 5) is 28.3. The Labute approximate surface area is 173 Å². The first kappa shape index (κ1) is 20.1. The number of carbonyl (C=O) groups excluding carboxylic acids is 2. The van der Waals surface area contributed by atoms with Gasteiger partial charge >= 0.3 is 5.97 Å². The van der Waals surface area contributed by atoms with Crippen molar-refractivity contribution >= 4 is 23.3 Å². The molecule has 7 heteroatoms. The van der Waals surface area contributed by atoms with Crippen molar-refractivity contribution in [1.29, 1.82) is 0 Å². The van der Waals surface area contributed by atoms with Crippen LogP contribution in [0.3, 0.4) is 0 Å². The van der Waals surface area contributed by atoms with Crippen molar-refractivity contribution in [2.24, 2.45) is 7.05 Å². The van der Waals surface area contributed by atoms with Gasteiger partial charge in [0.1, 0.15) is 5.65 Å². The average molecular weight is 410 g/mol. The van der Waals surface area contributed by atoms with E-state index in [1.54, 1.807) is 17.7 Å². The number of benzene rings is 1. The zero-order valence-corrected chi connectivity index (χ0v) is 17.5. The maximum absolute atomic E-state index is 15.0. The largest absolute Gasteiger partial charge is 0.490 e. The number of nitrogens with zero attached hydrogens (tertiary/aromatic N) is 2. The minimum Gasteiger partial charge on any atom is -0.490 e. The van der Waals surface area contributed by atoms with E-state index in [9.17, 15) is 9.59 Å². The molecular formula is C23H23FN2O4. The normalized spacial score (nSPS) is 13.1. The fourth-order valence-electron chi connectivity index (χ4n) is 4.27. The molecule has 0 fully saturated rings. The standard InChI is InChI=1S/C23H23FN2O4/c1-12-15-6-5-7-30-22(15)19(24)9-16(12)21-17(10-20(28)29-4)13(2)25-23-18(21)8-14(11-27)26(23)3/h8-9,11H,5-7,10H2,1-4H3. The van der Waals surface area contributed by atoms with E-state index in [1.807, 2.05) is 13.8 Å². The fraction of sp³-hybridized carbons (Fsp3) is 0.348. The number of aromatic nitrogens is 2. The summed E-state index contributed by atoms with van der Waals surface area (Å²) in [5.41, 5.74) is 5.48. The van der Waals surface area contributed by atoms with E-state index in [1.165, 1.54) is 13.2 Å². The third kappa shape index (κ3) is 3.05. The van der Waals surface area contributed by atoms with Crippen molar-refractivity contribution in [2.75, 3.05) is 13.7 Å². The molecular weight excluding hydrogens is 387 g/mol. The second-order valence-electron chi connectivity index (χ2n) is 7.58. The van der Waals surface area contributed by atoms with E-state index in [0.717, 1.165) is 30.3 Å².